The first kappa shape index (κ1) is 13.7. The number of halogens is 1. The molecule has 8 heteroatoms. The molecule has 3 N–H and O–H groups in total. The van der Waals surface area contributed by atoms with Crippen molar-refractivity contribution in [1.82, 2.24) is 4.98 Å². The molecule has 1 aliphatic carbocycles. The lowest BCUT2D eigenvalue weighted by molar-refractivity contribution is 0.601. The molecule has 1 aliphatic rings. The van der Waals surface area contributed by atoms with Gasteiger partial charge in [-0.15, -0.1) is 11.3 Å². The van der Waals surface area contributed by atoms with Crippen molar-refractivity contribution in [1.29, 1.82) is 0 Å². The highest BCUT2D eigenvalue weighted by atomic mass is 35.5. The van der Waals surface area contributed by atoms with Crippen molar-refractivity contribution in [2.75, 3.05) is 10.5 Å². The fourth-order valence-electron chi connectivity index (χ4n) is 2.13. The zero-order valence-electron chi connectivity index (χ0n) is 10.4. The summed E-state index contributed by atoms with van der Waals surface area (Å²) >= 11 is 7.31. The first-order valence-electron chi connectivity index (χ1n) is 6.02. The molecule has 1 heterocycles. The van der Waals surface area contributed by atoms with E-state index in [0.29, 0.717) is 10.8 Å². The first-order valence-corrected chi connectivity index (χ1v) is 8.70. The molecular formula is C12H12ClN3O2S2. The topological polar surface area (TPSA) is 85.1 Å². The highest BCUT2D eigenvalue weighted by molar-refractivity contribution is 7.93. The van der Waals surface area contributed by atoms with Gasteiger partial charge in [0.25, 0.3) is 10.0 Å². The first-order chi connectivity index (χ1) is 9.45. The second-order valence-electron chi connectivity index (χ2n) is 4.54. The predicted molar refractivity (Wildman–Crippen MR) is 80.8 cm³/mol. The van der Waals surface area contributed by atoms with Crippen LogP contribution in [0.1, 0.15) is 17.0 Å². The number of hydrogen-bond donors (Lipinski definition) is 2. The summed E-state index contributed by atoms with van der Waals surface area (Å²) in [7, 11) is -3.77. The summed E-state index contributed by atoms with van der Waals surface area (Å²) in [5.41, 5.74) is 6.95. The van der Waals surface area contributed by atoms with E-state index in [-0.39, 0.29) is 9.92 Å². The van der Waals surface area contributed by atoms with Crippen molar-refractivity contribution >= 4 is 43.8 Å². The SMILES string of the molecule is Nc1ccc(Cl)c(S(=O)(=O)Nc2nc3c(s2)CCC3)c1. The minimum absolute atomic E-state index is 0.0328. The fraction of sp³-hybridized carbons (Fsp3) is 0.250. The summed E-state index contributed by atoms with van der Waals surface area (Å²) in [6.45, 7) is 0. The van der Waals surface area contributed by atoms with Crippen LogP contribution in [0.25, 0.3) is 0 Å². The zero-order chi connectivity index (χ0) is 14.3. The Morgan fingerprint density at radius 1 is 1.35 bits per heavy atom. The number of rotatable bonds is 3. The molecule has 0 unspecified atom stereocenters. The maximum Gasteiger partial charge on any atom is 0.265 e. The number of aromatic nitrogens is 1. The summed E-state index contributed by atoms with van der Waals surface area (Å²) in [4.78, 5) is 5.43. The molecule has 1 aromatic heterocycles. The van der Waals surface area contributed by atoms with E-state index in [1.54, 1.807) is 6.07 Å². The Balaban J connectivity index is 1.93. The van der Waals surface area contributed by atoms with E-state index < -0.39 is 10.0 Å². The van der Waals surface area contributed by atoms with Gasteiger partial charge in [-0.05, 0) is 37.5 Å². The number of nitrogens with one attached hydrogen (secondary N) is 1. The molecular weight excluding hydrogens is 318 g/mol. The maximum absolute atomic E-state index is 12.3. The van der Waals surface area contributed by atoms with Crippen LogP contribution in [-0.4, -0.2) is 13.4 Å². The summed E-state index contributed by atoms with van der Waals surface area (Å²) in [5.74, 6) is 0. The molecule has 0 aliphatic heterocycles. The van der Waals surface area contributed by atoms with Crippen LogP contribution in [0.5, 0.6) is 0 Å². The number of thiazole rings is 1. The van der Waals surface area contributed by atoms with Gasteiger partial charge in [0.05, 0.1) is 10.7 Å². The normalized spacial score (nSPS) is 14.2. The van der Waals surface area contributed by atoms with Crippen LogP contribution >= 0.6 is 22.9 Å². The summed E-state index contributed by atoms with van der Waals surface area (Å²) < 4.78 is 27.1. The number of nitrogens with zero attached hydrogens (tertiary/aromatic N) is 1. The fourth-order valence-corrected chi connectivity index (χ4v) is 4.95. The minimum Gasteiger partial charge on any atom is -0.399 e. The number of sulfonamides is 1. The molecule has 106 valence electrons. The second-order valence-corrected chi connectivity index (χ2v) is 7.68. The Bertz CT molecular complexity index is 750. The average Bonchev–Trinajstić information content (AvgIpc) is 2.92. The van der Waals surface area contributed by atoms with Gasteiger partial charge in [0.15, 0.2) is 5.13 Å². The Hall–Kier alpha value is -1.31. The Kier molecular flexibility index (Phi) is 3.35. The van der Waals surface area contributed by atoms with Crippen LogP contribution in [0.2, 0.25) is 5.02 Å². The third kappa shape index (κ3) is 2.48. The lowest BCUT2D eigenvalue weighted by Crippen LogP contribution is -2.13. The van der Waals surface area contributed by atoms with E-state index in [2.05, 4.69) is 9.71 Å². The van der Waals surface area contributed by atoms with Crippen molar-refractivity contribution in [3.63, 3.8) is 0 Å². The molecule has 20 heavy (non-hydrogen) atoms. The largest absolute Gasteiger partial charge is 0.399 e. The molecule has 0 radical (unpaired) electrons. The number of nitrogen functional groups attached to an aromatic ring is 1. The number of hydrogen-bond acceptors (Lipinski definition) is 5. The van der Waals surface area contributed by atoms with Crippen LogP contribution in [0.15, 0.2) is 23.1 Å². The molecule has 0 spiro atoms. The van der Waals surface area contributed by atoms with Gasteiger partial charge in [-0.25, -0.2) is 13.4 Å². The van der Waals surface area contributed by atoms with Crippen molar-refractivity contribution in [2.24, 2.45) is 0 Å². The summed E-state index contributed by atoms with van der Waals surface area (Å²) in [5, 5.41) is 0.518. The molecule has 0 amide bonds. The van der Waals surface area contributed by atoms with E-state index in [0.717, 1.165) is 29.8 Å². The van der Waals surface area contributed by atoms with Crippen LogP contribution in [0.4, 0.5) is 10.8 Å². The Morgan fingerprint density at radius 3 is 2.90 bits per heavy atom. The minimum atomic E-state index is -3.77. The summed E-state index contributed by atoms with van der Waals surface area (Å²) in [6, 6.07) is 4.36. The third-order valence-electron chi connectivity index (χ3n) is 3.06. The zero-order valence-corrected chi connectivity index (χ0v) is 12.8. The van der Waals surface area contributed by atoms with Crippen molar-refractivity contribution in [3.05, 3.63) is 33.8 Å². The highest BCUT2D eigenvalue weighted by Gasteiger charge is 2.22. The monoisotopic (exact) mass is 329 g/mol. The average molecular weight is 330 g/mol. The lowest BCUT2D eigenvalue weighted by atomic mass is 10.3. The number of anilines is 2. The van der Waals surface area contributed by atoms with Gasteiger partial charge in [0.2, 0.25) is 0 Å². The predicted octanol–water partition coefficient (Wildman–Crippen LogP) is 2.67. The van der Waals surface area contributed by atoms with E-state index >= 15 is 0 Å². The molecule has 0 atom stereocenters. The molecule has 1 aromatic carbocycles. The van der Waals surface area contributed by atoms with Crippen LogP contribution in [0.3, 0.4) is 0 Å². The number of nitrogens with two attached hydrogens (primary N) is 1. The van der Waals surface area contributed by atoms with Gasteiger partial charge in [0, 0.05) is 10.6 Å². The Morgan fingerprint density at radius 2 is 2.15 bits per heavy atom. The highest BCUT2D eigenvalue weighted by Crippen LogP contribution is 2.32. The lowest BCUT2D eigenvalue weighted by Gasteiger charge is -2.07. The van der Waals surface area contributed by atoms with E-state index in [1.807, 2.05) is 0 Å². The molecule has 5 nitrogen and oxygen atoms in total. The third-order valence-corrected chi connectivity index (χ3v) is 6.08. The molecule has 0 saturated carbocycles. The van der Waals surface area contributed by atoms with Crippen LogP contribution in [0, 0.1) is 0 Å². The quantitative estimate of drug-likeness (QED) is 0.848. The van der Waals surface area contributed by atoms with Gasteiger partial charge >= 0.3 is 0 Å². The van der Waals surface area contributed by atoms with Crippen molar-refractivity contribution in [3.8, 4) is 0 Å². The second kappa shape index (κ2) is 4.91. The smallest absolute Gasteiger partial charge is 0.265 e. The van der Waals surface area contributed by atoms with Crippen LogP contribution in [-0.2, 0) is 22.9 Å². The van der Waals surface area contributed by atoms with Gasteiger partial charge in [-0.3, -0.25) is 4.72 Å². The number of aryl methyl sites for hydroxylation is 2. The van der Waals surface area contributed by atoms with Gasteiger partial charge in [0.1, 0.15) is 4.90 Å². The molecule has 0 saturated heterocycles. The summed E-state index contributed by atoms with van der Waals surface area (Å²) in [6.07, 6.45) is 2.96. The van der Waals surface area contributed by atoms with Crippen LogP contribution < -0.4 is 10.5 Å². The molecule has 0 bridgehead atoms. The molecule has 0 fully saturated rings. The van der Waals surface area contributed by atoms with Gasteiger partial charge in [-0.1, -0.05) is 11.6 Å². The van der Waals surface area contributed by atoms with Gasteiger partial charge in [-0.2, -0.15) is 0 Å². The van der Waals surface area contributed by atoms with E-state index in [4.69, 9.17) is 17.3 Å². The number of benzene rings is 1. The molecule has 3 rings (SSSR count). The van der Waals surface area contributed by atoms with Gasteiger partial charge < -0.3 is 5.73 Å². The van der Waals surface area contributed by atoms with E-state index in [1.165, 1.54) is 23.5 Å². The standard InChI is InChI=1S/C12H12ClN3O2S2/c13-8-5-4-7(14)6-11(8)20(17,18)16-12-15-9-2-1-3-10(9)19-12/h4-6H,1-3,14H2,(H,15,16). The maximum atomic E-state index is 12.3. The van der Waals surface area contributed by atoms with Crippen molar-refractivity contribution < 1.29 is 8.42 Å². The molecule has 2 aromatic rings. The Labute approximate surface area is 125 Å². The van der Waals surface area contributed by atoms with E-state index in [9.17, 15) is 8.42 Å². The number of fused-ring (bicyclic) bond motifs is 1. The van der Waals surface area contributed by atoms with Crippen molar-refractivity contribution in [2.45, 2.75) is 24.2 Å².